The van der Waals surface area contributed by atoms with Crippen molar-refractivity contribution in [1.29, 1.82) is 0 Å². The molecular formula is C20H22N4O3. The van der Waals surface area contributed by atoms with E-state index in [0.717, 1.165) is 6.42 Å². The number of aromatic nitrogens is 1. The molecule has 0 radical (unpaired) electrons. The Morgan fingerprint density at radius 3 is 2.78 bits per heavy atom. The van der Waals surface area contributed by atoms with Gasteiger partial charge >= 0.3 is 0 Å². The Morgan fingerprint density at radius 1 is 1.41 bits per heavy atom. The first-order chi connectivity index (χ1) is 12.7. The Labute approximate surface area is 158 Å². The molecule has 1 saturated heterocycles. The molecule has 1 aromatic carbocycles. The maximum Gasteiger partial charge on any atom is 0.292 e. The highest BCUT2D eigenvalue weighted by molar-refractivity contribution is 5.82. The predicted octanol–water partition coefficient (Wildman–Crippen LogP) is 4.19. The lowest BCUT2D eigenvalue weighted by atomic mass is 9.93. The minimum absolute atomic E-state index is 0.00430. The van der Waals surface area contributed by atoms with Gasteiger partial charge in [0.05, 0.1) is 23.1 Å². The van der Waals surface area contributed by atoms with Gasteiger partial charge in [-0.2, -0.15) is 0 Å². The minimum atomic E-state index is -0.995. The van der Waals surface area contributed by atoms with E-state index < -0.39 is 10.5 Å². The Bertz CT molecular complexity index is 914. The summed E-state index contributed by atoms with van der Waals surface area (Å²) in [7, 11) is 0. The number of hydrogen-bond acceptors (Lipinski definition) is 5. The SMILES string of the molecule is [C-]#[N+]c1ccncc1-c1ccc([N+](=O)[O-])c(N2C[C@@H](C)C[C@H]2C(C)(C)O)c1. The fourth-order valence-corrected chi connectivity index (χ4v) is 3.76. The highest BCUT2D eigenvalue weighted by Gasteiger charge is 2.41. The van der Waals surface area contributed by atoms with Crippen molar-refractivity contribution in [2.24, 2.45) is 5.92 Å². The second-order valence-corrected chi connectivity index (χ2v) is 7.63. The van der Waals surface area contributed by atoms with E-state index in [1.807, 2.05) is 4.90 Å². The van der Waals surface area contributed by atoms with E-state index >= 15 is 0 Å². The molecule has 0 spiro atoms. The fraction of sp³-hybridized carbons (Fsp3) is 0.400. The second-order valence-electron chi connectivity index (χ2n) is 7.63. The van der Waals surface area contributed by atoms with Crippen molar-refractivity contribution in [1.82, 2.24) is 4.98 Å². The minimum Gasteiger partial charge on any atom is -0.388 e. The van der Waals surface area contributed by atoms with Crippen LogP contribution in [0.25, 0.3) is 16.0 Å². The molecule has 1 aliphatic rings. The van der Waals surface area contributed by atoms with Crippen molar-refractivity contribution in [2.75, 3.05) is 11.4 Å². The van der Waals surface area contributed by atoms with Gasteiger partial charge in [-0.25, -0.2) is 4.85 Å². The summed E-state index contributed by atoms with van der Waals surface area (Å²) in [6, 6.07) is 6.25. The lowest BCUT2D eigenvalue weighted by molar-refractivity contribution is -0.384. The van der Waals surface area contributed by atoms with E-state index in [-0.39, 0.29) is 11.7 Å². The Morgan fingerprint density at radius 2 is 2.15 bits per heavy atom. The van der Waals surface area contributed by atoms with E-state index in [1.54, 1.807) is 44.4 Å². The largest absolute Gasteiger partial charge is 0.388 e. The van der Waals surface area contributed by atoms with Crippen LogP contribution < -0.4 is 4.90 Å². The summed E-state index contributed by atoms with van der Waals surface area (Å²) < 4.78 is 0. The van der Waals surface area contributed by atoms with E-state index in [2.05, 4.69) is 16.8 Å². The lowest BCUT2D eigenvalue weighted by Gasteiger charge is -2.35. The average Bonchev–Trinajstić information content (AvgIpc) is 3.03. The molecule has 3 rings (SSSR count). The van der Waals surface area contributed by atoms with Gasteiger partial charge in [0.15, 0.2) is 5.69 Å². The van der Waals surface area contributed by atoms with Crippen LogP contribution in [0.15, 0.2) is 36.7 Å². The van der Waals surface area contributed by atoms with Crippen LogP contribution in [-0.4, -0.2) is 33.2 Å². The van der Waals surface area contributed by atoms with Gasteiger partial charge in [-0.1, -0.05) is 6.92 Å². The van der Waals surface area contributed by atoms with Crippen LogP contribution in [0.4, 0.5) is 17.1 Å². The van der Waals surface area contributed by atoms with Gasteiger partial charge in [0.1, 0.15) is 5.69 Å². The van der Waals surface area contributed by atoms with Crippen molar-refractivity contribution < 1.29 is 10.0 Å². The zero-order valence-electron chi connectivity index (χ0n) is 15.6. The van der Waals surface area contributed by atoms with E-state index in [1.165, 1.54) is 6.07 Å². The van der Waals surface area contributed by atoms with Crippen molar-refractivity contribution in [3.63, 3.8) is 0 Å². The third kappa shape index (κ3) is 3.62. The van der Waals surface area contributed by atoms with Gasteiger partial charge in [0.25, 0.3) is 5.69 Å². The van der Waals surface area contributed by atoms with E-state index in [4.69, 9.17) is 6.57 Å². The number of aliphatic hydroxyl groups is 1. The number of nitrogens with zero attached hydrogens (tertiary/aromatic N) is 4. The van der Waals surface area contributed by atoms with Crippen LogP contribution in [0, 0.1) is 22.6 Å². The Kier molecular flexibility index (Phi) is 4.85. The topological polar surface area (TPSA) is 83.9 Å². The summed E-state index contributed by atoms with van der Waals surface area (Å²) >= 11 is 0. The predicted molar refractivity (Wildman–Crippen MR) is 104 cm³/mol. The van der Waals surface area contributed by atoms with Crippen molar-refractivity contribution in [3.8, 4) is 11.1 Å². The van der Waals surface area contributed by atoms with Gasteiger partial charge < -0.3 is 10.0 Å². The molecule has 1 aliphatic heterocycles. The second kappa shape index (κ2) is 6.97. The van der Waals surface area contributed by atoms with Crippen molar-refractivity contribution in [2.45, 2.75) is 38.8 Å². The number of nitro groups is 1. The Hall–Kier alpha value is -2.98. The quantitative estimate of drug-likeness (QED) is 0.498. The molecule has 1 aromatic heterocycles. The zero-order valence-corrected chi connectivity index (χ0v) is 15.6. The smallest absolute Gasteiger partial charge is 0.292 e. The van der Waals surface area contributed by atoms with Crippen LogP contribution in [0.1, 0.15) is 27.2 Å². The van der Waals surface area contributed by atoms with E-state index in [0.29, 0.717) is 35.0 Å². The van der Waals surface area contributed by atoms with Crippen LogP contribution in [0.2, 0.25) is 0 Å². The highest BCUT2D eigenvalue weighted by Crippen LogP contribution is 2.42. The third-order valence-corrected chi connectivity index (χ3v) is 5.04. The first-order valence-electron chi connectivity index (χ1n) is 8.81. The maximum atomic E-state index is 11.6. The molecule has 2 atom stereocenters. The van der Waals surface area contributed by atoms with Gasteiger partial charge in [0, 0.05) is 30.6 Å². The Balaban J connectivity index is 2.16. The molecule has 140 valence electrons. The molecule has 1 fully saturated rings. The summed E-state index contributed by atoms with van der Waals surface area (Å²) in [5.74, 6) is 0.307. The van der Waals surface area contributed by atoms with Crippen LogP contribution in [-0.2, 0) is 0 Å². The molecule has 0 bridgehead atoms. The molecule has 2 aromatic rings. The average molecular weight is 366 g/mol. The molecule has 7 heteroatoms. The molecule has 0 unspecified atom stereocenters. The molecule has 1 N–H and O–H groups in total. The van der Waals surface area contributed by atoms with Gasteiger partial charge in [-0.15, -0.1) is 0 Å². The molecule has 7 nitrogen and oxygen atoms in total. The van der Waals surface area contributed by atoms with Gasteiger partial charge in [0.2, 0.25) is 0 Å². The van der Waals surface area contributed by atoms with Gasteiger partial charge in [-0.3, -0.25) is 15.1 Å². The summed E-state index contributed by atoms with van der Waals surface area (Å²) in [6.07, 6.45) is 3.90. The summed E-state index contributed by atoms with van der Waals surface area (Å²) in [6.45, 7) is 13.5. The standard InChI is InChI=1S/C20H22N4O3/c1-13-9-19(20(2,3)25)23(12-13)18-10-14(5-6-17(18)24(26)27)15-11-22-8-7-16(15)21-4/h5-8,10-11,13,19,25H,9,12H2,1-3H3/t13-,19-/m0/s1. The number of pyridine rings is 1. The number of hydrogen-bond donors (Lipinski definition) is 1. The first-order valence-corrected chi connectivity index (χ1v) is 8.81. The maximum absolute atomic E-state index is 11.6. The summed E-state index contributed by atoms with van der Waals surface area (Å²) in [4.78, 5) is 20.8. The summed E-state index contributed by atoms with van der Waals surface area (Å²) in [5, 5.41) is 22.2. The molecule has 2 heterocycles. The monoisotopic (exact) mass is 366 g/mol. The van der Waals surface area contributed by atoms with Gasteiger partial charge in [-0.05, 0) is 49.9 Å². The van der Waals surface area contributed by atoms with Crippen molar-refractivity contribution in [3.05, 3.63) is 58.2 Å². The van der Waals surface area contributed by atoms with Crippen LogP contribution in [0.3, 0.4) is 0 Å². The normalized spacial score (nSPS) is 19.7. The number of benzene rings is 1. The molecular weight excluding hydrogens is 344 g/mol. The van der Waals surface area contributed by atoms with Crippen LogP contribution in [0.5, 0.6) is 0 Å². The van der Waals surface area contributed by atoms with E-state index in [9.17, 15) is 15.2 Å². The third-order valence-electron chi connectivity index (χ3n) is 5.04. The molecule has 0 aliphatic carbocycles. The molecule has 0 saturated carbocycles. The molecule has 0 amide bonds. The first kappa shape index (κ1) is 18.8. The fourth-order valence-electron chi connectivity index (χ4n) is 3.76. The highest BCUT2D eigenvalue weighted by atomic mass is 16.6. The lowest BCUT2D eigenvalue weighted by Crippen LogP contribution is -2.46. The number of rotatable bonds is 4. The number of nitro benzene ring substituents is 1. The van der Waals surface area contributed by atoms with Crippen molar-refractivity contribution >= 4 is 17.1 Å². The van der Waals surface area contributed by atoms with Crippen LogP contribution >= 0.6 is 0 Å². The number of anilines is 1. The summed E-state index contributed by atoms with van der Waals surface area (Å²) in [5.41, 5.74) is 1.24. The zero-order chi connectivity index (χ0) is 19.8. The molecule has 27 heavy (non-hydrogen) atoms.